The molecule has 1 fully saturated rings. The minimum absolute atomic E-state index is 0.0238. The predicted octanol–water partition coefficient (Wildman–Crippen LogP) is 1.07. The van der Waals surface area contributed by atoms with Gasteiger partial charge in [-0.05, 0) is 51.0 Å². The number of nitrogens with one attached hydrogen (secondary N) is 2. The molecule has 1 aliphatic heterocycles. The maximum absolute atomic E-state index is 12.3. The van der Waals surface area contributed by atoms with Gasteiger partial charge < -0.3 is 25.7 Å². The summed E-state index contributed by atoms with van der Waals surface area (Å²) in [5.74, 6) is -0.261. The number of benzene rings is 1. The summed E-state index contributed by atoms with van der Waals surface area (Å²) in [7, 11) is 0. The zero-order valence-electron chi connectivity index (χ0n) is 14.0. The number of carbonyl (C=O) groups excluding carboxylic acids is 2. The molecule has 24 heavy (non-hydrogen) atoms. The van der Waals surface area contributed by atoms with Crippen molar-refractivity contribution in [3.63, 3.8) is 0 Å². The molecule has 4 N–H and O–H groups in total. The number of urea groups is 1. The van der Waals surface area contributed by atoms with E-state index in [1.807, 2.05) is 13.8 Å². The van der Waals surface area contributed by atoms with Gasteiger partial charge in [-0.15, -0.1) is 0 Å². The first-order valence-corrected chi connectivity index (χ1v) is 8.20. The third-order valence-electron chi connectivity index (χ3n) is 3.95. The van der Waals surface area contributed by atoms with Crippen molar-refractivity contribution < 1.29 is 19.8 Å². The molecule has 0 unspecified atom stereocenters. The highest BCUT2D eigenvalue weighted by Gasteiger charge is 2.29. The van der Waals surface area contributed by atoms with E-state index in [1.165, 1.54) is 24.3 Å². The number of aromatic hydroxyl groups is 1. The van der Waals surface area contributed by atoms with Crippen LogP contribution in [0.5, 0.6) is 5.75 Å². The molecule has 7 heteroatoms. The molecule has 0 bridgehead atoms. The molecule has 1 saturated heterocycles. The lowest BCUT2D eigenvalue weighted by molar-refractivity contribution is 0.0808. The van der Waals surface area contributed by atoms with Gasteiger partial charge in [-0.1, -0.05) is 0 Å². The van der Waals surface area contributed by atoms with Gasteiger partial charge in [-0.3, -0.25) is 4.79 Å². The first-order valence-electron chi connectivity index (χ1n) is 8.20. The van der Waals surface area contributed by atoms with Crippen LogP contribution in [-0.2, 0) is 0 Å². The summed E-state index contributed by atoms with van der Waals surface area (Å²) in [5.41, 5.74) is 0.391. The van der Waals surface area contributed by atoms with Crippen molar-refractivity contribution in [3.05, 3.63) is 29.8 Å². The minimum atomic E-state index is -0.706. The topological polar surface area (TPSA) is 102 Å². The van der Waals surface area contributed by atoms with E-state index in [0.29, 0.717) is 24.9 Å². The third-order valence-corrected chi connectivity index (χ3v) is 3.95. The van der Waals surface area contributed by atoms with E-state index in [2.05, 4.69) is 10.6 Å². The maximum atomic E-state index is 12.3. The first kappa shape index (κ1) is 18.1. The van der Waals surface area contributed by atoms with Crippen LogP contribution in [0.15, 0.2) is 24.3 Å². The Kier molecular flexibility index (Phi) is 6.03. The summed E-state index contributed by atoms with van der Waals surface area (Å²) in [6, 6.07) is 5.18. The number of phenolic OH excluding ortho intramolecular Hbond substituents is 1. The normalized spacial score (nSPS) is 21.2. The van der Waals surface area contributed by atoms with Crippen molar-refractivity contribution in [2.24, 2.45) is 0 Å². The second-order valence-corrected chi connectivity index (χ2v) is 6.39. The fourth-order valence-corrected chi connectivity index (χ4v) is 2.67. The zero-order valence-corrected chi connectivity index (χ0v) is 14.0. The number of nitrogens with zero attached hydrogens (tertiary/aromatic N) is 1. The van der Waals surface area contributed by atoms with Crippen LogP contribution in [0.2, 0.25) is 0 Å². The Morgan fingerprint density at radius 2 is 1.92 bits per heavy atom. The number of amides is 3. The minimum Gasteiger partial charge on any atom is -0.508 e. The number of phenols is 1. The molecular formula is C17H25N3O4. The van der Waals surface area contributed by atoms with E-state index in [0.717, 1.165) is 0 Å². The summed E-state index contributed by atoms with van der Waals surface area (Å²) < 4.78 is 0. The third kappa shape index (κ3) is 4.86. The van der Waals surface area contributed by atoms with Crippen molar-refractivity contribution in [1.82, 2.24) is 15.5 Å². The van der Waals surface area contributed by atoms with Crippen LogP contribution in [0.25, 0.3) is 0 Å². The highest BCUT2D eigenvalue weighted by molar-refractivity contribution is 5.94. The zero-order chi connectivity index (χ0) is 17.7. The van der Waals surface area contributed by atoms with Crippen LogP contribution < -0.4 is 10.6 Å². The van der Waals surface area contributed by atoms with E-state index in [-0.39, 0.29) is 30.3 Å². The van der Waals surface area contributed by atoms with Crippen LogP contribution in [-0.4, -0.2) is 58.3 Å². The maximum Gasteiger partial charge on any atom is 0.317 e. The molecule has 1 aromatic carbocycles. The quantitative estimate of drug-likeness (QED) is 0.663. The highest BCUT2D eigenvalue weighted by atomic mass is 16.3. The van der Waals surface area contributed by atoms with Gasteiger partial charge in [0.15, 0.2) is 0 Å². The SMILES string of the molecule is CC(C)NC(=O)N1CCC[C@@H](O)[C@H](NC(=O)c2ccc(O)cc2)C1. The molecule has 2 rings (SSSR count). The Labute approximate surface area is 141 Å². The van der Waals surface area contributed by atoms with Gasteiger partial charge in [0.1, 0.15) is 5.75 Å². The smallest absolute Gasteiger partial charge is 0.317 e. The highest BCUT2D eigenvalue weighted by Crippen LogP contribution is 2.14. The van der Waals surface area contributed by atoms with Gasteiger partial charge in [-0.2, -0.15) is 0 Å². The number of carbonyl (C=O) groups is 2. The molecule has 0 aromatic heterocycles. The number of likely N-dealkylation sites (tertiary alicyclic amines) is 1. The average Bonchev–Trinajstić information content (AvgIpc) is 2.69. The first-order chi connectivity index (χ1) is 11.4. The van der Waals surface area contributed by atoms with Gasteiger partial charge >= 0.3 is 6.03 Å². The Morgan fingerprint density at radius 1 is 1.25 bits per heavy atom. The van der Waals surface area contributed by atoms with E-state index >= 15 is 0 Å². The van der Waals surface area contributed by atoms with Crippen molar-refractivity contribution in [3.8, 4) is 5.75 Å². The fourth-order valence-electron chi connectivity index (χ4n) is 2.67. The van der Waals surface area contributed by atoms with Crippen LogP contribution >= 0.6 is 0 Å². The lowest BCUT2D eigenvalue weighted by Gasteiger charge is -2.28. The molecule has 0 spiro atoms. The number of rotatable bonds is 3. The van der Waals surface area contributed by atoms with Gasteiger partial charge in [-0.25, -0.2) is 4.79 Å². The van der Waals surface area contributed by atoms with Crippen molar-refractivity contribution in [1.29, 1.82) is 0 Å². The van der Waals surface area contributed by atoms with Crippen molar-refractivity contribution in [2.75, 3.05) is 13.1 Å². The van der Waals surface area contributed by atoms with Gasteiger partial charge in [0.2, 0.25) is 0 Å². The van der Waals surface area contributed by atoms with Crippen LogP contribution in [0, 0.1) is 0 Å². The van der Waals surface area contributed by atoms with Gasteiger partial charge in [0.05, 0.1) is 12.1 Å². The number of aliphatic hydroxyl groups excluding tert-OH is 1. The lowest BCUT2D eigenvalue weighted by atomic mass is 10.1. The molecule has 3 amide bonds. The Morgan fingerprint density at radius 3 is 2.54 bits per heavy atom. The molecule has 0 aliphatic carbocycles. The molecular weight excluding hydrogens is 310 g/mol. The second kappa shape index (κ2) is 8.01. The van der Waals surface area contributed by atoms with Crippen molar-refractivity contribution in [2.45, 2.75) is 44.9 Å². The number of aliphatic hydroxyl groups is 1. The lowest BCUT2D eigenvalue weighted by Crippen LogP contribution is -2.52. The molecule has 7 nitrogen and oxygen atoms in total. The van der Waals surface area contributed by atoms with Gasteiger partial charge in [0.25, 0.3) is 5.91 Å². The molecule has 1 aliphatic rings. The van der Waals surface area contributed by atoms with Crippen molar-refractivity contribution >= 4 is 11.9 Å². The number of hydrogen-bond acceptors (Lipinski definition) is 4. The summed E-state index contributed by atoms with van der Waals surface area (Å²) in [5, 5.41) is 25.2. The number of hydrogen-bond donors (Lipinski definition) is 4. The summed E-state index contributed by atoms with van der Waals surface area (Å²) >= 11 is 0. The molecule has 132 valence electrons. The summed E-state index contributed by atoms with van der Waals surface area (Å²) in [6.45, 7) is 4.56. The predicted molar refractivity (Wildman–Crippen MR) is 89.8 cm³/mol. The molecule has 0 saturated carbocycles. The Bertz CT molecular complexity index is 574. The monoisotopic (exact) mass is 335 g/mol. The Hall–Kier alpha value is -2.28. The molecule has 2 atom stereocenters. The van der Waals surface area contributed by atoms with Crippen LogP contribution in [0.3, 0.4) is 0 Å². The standard InChI is InChI=1S/C17H25N3O4/c1-11(2)18-17(24)20-9-3-4-15(22)14(10-20)19-16(23)12-5-7-13(21)8-6-12/h5-8,11,14-15,21-22H,3-4,9-10H2,1-2H3,(H,18,24)(H,19,23)/t14-,15-/m1/s1. The van der Waals surface area contributed by atoms with E-state index in [4.69, 9.17) is 0 Å². The molecule has 1 aromatic rings. The Balaban J connectivity index is 2.04. The van der Waals surface area contributed by atoms with Gasteiger partial charge in [0, 0.05) is 24.7 Å². The summed E-state index contributed by atoms with van der Waals surface area (Å²) in [4.78, 5) is 26.1. The molecule has 0 radical (unpaired) electrons. The van der Waals surface area contributed by atoms with E-state index in [1.54, 1.807) is 4.90 Å². The van der Waals surface area contributed by atoms with Crippen LogP contribution in [0.1, 0.15) is 37.0 Å². The summed E-state index contributed by atoms with van der Waals surface area (Å²) in [6.07, 6.45) is 0.493. The average molecular weight is 335 g/mol. The van der Waals surface area contributed by atoms with E-state index in [9.17, 15) is 19.8 Å². The van der Waals surface area contributed by atoms with Crippen LogP contribution in [0.4, 0.5) is 4.79 Å². The fraction of sp³-hybridized carbons (Fsp3) is 0.529. The molecule has 1 heterocycles. The second-order valence-electron chi connectivity index (χ2n) is 6.39. The van der Waals surface area contributed by atoms with E-state index < -0.39 is 12.1 Å². The largest absolute Gasteiger partial charge is 0.508 e.